The summed E-state index contributed by atoms with van der Waals surface area (Å²) in [5.41, 5.74) is 7.11. The van der Waals surface area contributed by atoms with E-state index in [1.54, 1.807) is 37.4 Å². The van der Waals surface area contributed by atoms with Crippen LogP contribution in [0.25, 0.3) is 0 Å². The molecule has 2 aromatic rings. The first-order chi connectivity index (χ1) is 9.51. The van der Waals surface area contributed by atoms with Crippen LogP contribution in [0.4, 0.5) is 15.8 Å². The van der Waals surface area contributed by atoms with Crippen LogP contribution >= 0.6 is 23.8 Å². The third kappa shape index (κ3) is 3.18. The zero-order valence-corrected chi connectivity index (χ0v) is 12.2. The fraction of sp³-hybridized carbons (Fsp3) is 0.0714. The Balaban J connectivity index is 2.43. The average Bonchev–Trinajstić information content (AvgIpc) is 2.41. The number of nitrogens with two attached hydrogens (primary N) is 1. The quantitative estimate of drug-likeness (QED) is 0.842. The maximum atomic E-state index is 13.8. The van der Waals surface area contributed by atoms with Crippen molar-refractivity contribution < 1.29 is 9.13 Å². The lowest BCUT2D eigenvalue weighted by Crippen LogP contribution is -2.12. The van der Waals surface area contributed by atoms with Crippen LogP contribution < -0.4 is 15.8 Å². The van der Waals surface area contributed by atoms with Gasteiger partial charge in [0.1, 0.15) is 16.6 Å². The molecule has 0 aromatic heterocycles. The van der Waals surface area contributed by atoms with Gasteiger partial charge in [0.15, 0.2) is 0 Å². The van der Waals surface area contributed by atoms with Gasteiger partial charge < -0.3 is 15.8 Å². The Morgan fingerprint density at radius 3 is 2.60 bits per heavy atom. The second-order valence-electron chi connectivity index (χ2n) is 4.02. The zero-order valence-electron chi connectivity index (χ0n) is 10.6. The molecule has 104 valence electrons. The maximum absolute atomic E-state index is 13.8. The van der Waals surface area contributed by atoms with Crippen LogP contribution in [0, 0.1) is 5.82 Å². The van der Waals surface area contributed by atoms with Crippen LogP contribution in [-0.4, -0.2) is 12.1 Å². The van der Waals surface area contributed by atoms with Gasteiger partial charge in [-0.25, -0.2) is 4.39 Å². The molecule has 0 amide bonds. The molecular formula is C14H12ClFN2OS. The van der Waals surface area contributed by atoms with Gasteiger partial charge in [0.25, 0.3) is 0 Å². The number of hydrogen-bond acceptors (Lipinski definition) is 3. The number of nitrogens with one attached hydrogen (secondary N) is 1. The van der Waals surface area contributed by atoms with Gasteiger partial charge in [0.05, 0.1) is 18.5 Å². The SMILES string of the molecule is COc1ccc(C(N)=S)c(Nc2ccc(Cl)cc2F)c1. The van der Waals surface area contributed by atoms with Crippen LogP contribution in [0.3, 0.4) is 0 Å². The number of methoxy groups -OCH3 is 1. The monoisotopic (exact) mass is 310 g/mol. The number of halogens is 2. The summed E-state index contributed by atoms with van der Waals surface area (Å²) in [6.07, 6.45) is 0. The van der Waals surface area contributed by atoms with Gasteiger partial charge in [-0.15, -0.1) is 0 Å². The molecule has 0 aliphatic heterocycles. The van der Waals surface area contributed by atoms with Gasteiger partial charge >= 0.3 is 0 Å². The fourth-order valence-corrected chi connectivity index (χ4v) is 2.04. The molecule has 0 saturated carbocycles. The Morgan fingerprint density at radius 2 is 2.00 bits per heavy atom. The van der Waals surface area contributed by atoms with Crippen molar-refractivity contribution in [3.63, 3.8) is 0 Å². The van der Waals surface area contributed by atoms with Crippen molar-refractivity contribution in [1.82, 2.24) is 0 Å². The minimum absolute atomic E-state index is 0.213. The lowest BCUT2D eigenvalue weighted by molar-refractivity contribution is 0.415. The predicted molar refractivity (Wildman–Crippen MR) is 83.6 cm³/mol. The molecule has 0 atom stereocenters. The van der Waals surface area contributed by atoms with E-state index < -0.39 is 5.82 Å². The highest BCUT2D eigenvalue weighted by Crippen LogP contribution is 2.28. The number of thiocarbonyl (C=S) groups is 1. The van der Waals surface area contributed by atoms with Crippen LogP contribution in [-0.2, 0) is 0 Å². The molecule has 0 bridgehead atoms. The van der Waals surface area contributed by atoms with Crippen molar-refractivity contribution in [3.05, 3.63) is 52.8 Å². The minimum atomic E-state index is -0.464. The van der Waals surface area contributed by atoms with Gasteiger partial charge in [-0.2, -0.15) is 0 Å². The average molecular weight is 311 g/mol. The maximum Gasteiger partial charge on any atom is 0.148 e. The summed E-state index contributed by atoms with van der Waals surface area (Å²) in [5, 5.41) is 3.27. The second-order valence-corrected chi connectivity index (χ2v) is 4.90. The van der Waals surface area contributed by atoms with Crippen molar-refractivity contribution in [2.75, 3.05) is 12.4 Å². The standard InChI is InChI=1S/C14H12ClFN2OS/c1-19-9-3-4-10(14(17)20)13(7-9)18-12-5-2-8(15)6-11(12)16/h2-7,18H,1H3,(H2,17,20). The van der Waals surface area contributed by atoms with E-state index in [0.717, 1.165) is 0 Å². The van der Waals surface area contributed by atoms with E-state index in [1.165, 1.54) is 6.07 Å². The number of benzene rings is 2. The van der Waals surface area contributed by atoms with Gasteiger partial charge in [0, 0.05) is 16.7 Å². The van der Waals surface area contributed by atoms with Gasteiger partial charge in [-0.1, -0.05) is 23.8 Å². The molecule has 2 rings (SSSR count). The Bertz CT molecular complexity index is 664. The first-order valence-electron chi connectivity index (χ1n) is 5.71. The van der Waals surface area contributed by atoms with E-state index in [2.05, 4.69) is 5.32 Å². The summed E-state index contributed by atoms with van der Waals surface area (Å²) in [4.78, 5) is 0.213. The number of anilines is 2. The predicted octanol–water partition coefficient (Wildman–Crippen LogP) is 3.87. The first kappa shape index (κ1) is 14.6. The smallest absolute Gasteiger partial charge is 0.148 e. The molecule has 0 heterocycles. The van der Waals surface area contributed by atoms with E-state index in [-0.39, 0.29) is 10.7 Å². The lowest BCUT2D eigenvalue weighted by atomic mass is 10.1. The molecule has 0 saturated heterocycles. The zero-order chi connectivity index (χ0) is 14.7. The molecule has 0 unspecified atom stereocenters. The summed E-state index contributed by atoms with van der Waals surface area (Å²) in [7, 11) is 1.54. The van der Waals surface area contributed by atoms with Crippen molar-refractivity contribution in [2.24, 2.45) is 5.73 Å². The third-order valence-electron chi connectivity index (χ3n) is 2.69. The highest BCUT2D eigenvalue weighted by molar-refractivity contribution is 7.80. The van der Waals surface area contributed by atoms with Crippen LogP contribution in [0.5, 0.6) is 5.75 Å². The first-order valence-corrected chi connectivity index (χ1v) is 6.50. The molecule has 0 radical (unpaired) electrons. The van der Waals surface area contributed by atoms with Gasteiger partial charge in [-0.3, -0.25) is 0 Å². The number of hydrogen-bond donors (Lipinski definition) is 2. The van der Waals surface area contributed by atoms with Crippen LogP contribution in [0.1, 0.15) is 5.56 Å². The van der Waals surface area contributed by atoms with E-state index in [4.69, 9.17) is 34.3 Å². The Labute approximate surface area is 126 Å². The molecule has 20 heavy (non-hydrogen) atoms. The van der Waals surface area contributed by atoms with Crippen LogP contribution in [0.2, 0.25) is 5.02 Å². The Hall–Kier alpha value is -1.85. The van der Waals surface area contributed by atoms with E-state index >= 15 is 0 Å². The molecule has 2 aromatic carbocycles. The van der Waals surface area contributed by atoms with Crippen molar-refractivity contribution >= 4 is 40.2 Å². The highest BCUT2D eigenvalue weighted by atomic mass is 35.5. The largest absolute Gasteiger partial charge is 0.497 e. The summed E-state index contributed by atoms with van der Waals surface area (Å²) >= 11 is 10.7. The molecule has 0 fully saturated rings. The topological polar surface area (TPSA) is 47.3 Å². The lowest BCUT2D eigenvalue weighted by Gasteiger charge is -2.13. The fourth-order valence-electron chi connectivity index (χ4n) is 1.70. The Morgan fingerprint density at radius 1 is 1.25 bits per heavy atom. The molecule has 0 aliphatic carbocycles. The molecule has 3 N–H and O–H groups in total. The van der Waals surface area contributed by atoms with E-state index in [1.807, 2.05) is 0 Å². The van der Waals surface area contributed by atoms with Crippen LogP contribution in [0.15, 0.2) is 36.4 Å². The highest BCUT2D eigenvalue weighted by Gasteiger charge is 2.10. The van der Waals surface area contributed by atoms with E-state index in [0.29, 0.717) is 22.0 Å². The number of ether oxygens (including phenoxy) is 1. The van der Waals surface area contributed by atoms with E-state index in [9.17, 15) is 4.39 Å². The van der Waals surface area contributed by atoms with Crippen molar-refractivity contribution in [3.8, 4) is 5.75 Å². The summed E-state index contributed by atoms with van der Waals surface area (Å²) in [6, 6.07) is 9.51. The molecular weight excluding hydrogens is 299 g/mol. The van der Waals surface area contributed by atoms with Gasteiger partial charge in [0.2, 0.25) is 0 Å². The van der Waals surface area contributed by atoms with Gasteiger partial charge in [-0.05, 0) is 30.3 Å². The van der Waals surface area contributed by atoms with Crippen molar-refractivity contribution in [2.45, 2.75) is 0 Å². The third-order valence-corrected chi connectivity index (χ3v) is 3.15. The summed E-state index contributed by atoms with van der Waals surface area (Å²) < 4.78 is 18.9. The molecule has 3 nitrogen and oxygen atoms in total. The Kier molecular flexibility index (Phi) is 4.42. The normalized spacial score (nSPS) is 10.2. The molecule has 6 heteroatoms. The van der Waals surface area contributed by atoms with Crippen molar-refractivity contribution in [1.29, 1.82) is 0 Å². The molecule has 0 spiro atoms. The summed E-state index contributed by atoms with van der Waals surface area (Å²) in [5.74, 6) is 0.149. The minimum Gasteiger partial charge on any atom is -0.497 e. The summed E-state index contributed by atoms with van der Waals surface area (Å²) in [6.45, 7) is 0. The molecule has 0 aliphatic rings. The number of rotatable bonds is 4. The second kappa shape index (κ2) is 6.07.